The number of aromatic carboxylic acids is 1. The molecule has 2 aromatic rings. The number of carbonyl (C=O) groups is 1. The maximum atomic E-state index is 10.5. The van der Waals surface area contributed by atoms with E-state index < -0.39 is 5.97 Å². The van der Waals surface area contributed by atoms with Crippen molar-refractivity contribution in [3.8, 4) is 5.75 Å². The van der Waals surface area contributed by atoms with Crippen LogP contribution < -0.4 is 4.84 Å². The largest absolute Gasteiger partial charge is 0.476 e. The van der Waals surface area contributed by atoms with Crippen molar-refractivity contribution in [2.24, 2.45) is 0 Å². The maximum Gasteiger partial charge on any atom is 0.358 e. The number of hydrogen-bond donors (Lipinski definition) is 1. The van der Waals surface area contributed by atoms with Crippen molar-refractivity contribution in [1.29, 1.82) is 0 Å². The molecule has 0 unspecified atom stereocenters. The summed E-state index contributed by atoms with van der Waals surface area (Å²) in [5.41, 5.74) is -0.161. The van der Waals surface area contributed by atoms with Gasteiger partial charge in [0.15, 0.2) is 11.4 Å². The quantitative estimate of drug-likeness (QED) is 0.802. The van der Waals surface area contributed by atoms with Crippen molar-refractivity contribution < 1.29 is 14.7 Å². The number of hydrogen-bond acceptors (Lipinski definition) is 4. The molecule has 0 saturated heterocycles. The summed E-state index contributed by atoms with van der Waals surface area (Å²) in [6.45, 7) is 0. The van der Waals surface area contributed by atoms with Crippen LogP contribution in [0.1, 0.15) is 10.5 Å². The monoisotopic (exact) mass is 205 g/mol. The first-order valence-electron chi connectivity index (χ1n) is 4.15. The summed E-state index contributed by atoms with van der Waals surface area (Å²) in [6.07, 6.45) is 1.19. The van der Waals surface area contributed by atoms with Gasteiger partial charge >= 0.3 is 5.97 Å². The van der Waals surface area contributed by atoms with Crippen molar-refractivity contribution in [2.45, 2.75) is 0 Å². The highest BCUT2D eigenvalue weighted by Gasteiger charge is 2.08. The van der Waals surface area contributed by atoms with Crippen molar-refractivity contribution in [1.82, 2.24) is 15.2 Å². The SMILES string of the molecule is O=C(O)c1cn(Oc2ccccc2)nn1. The molecule has 6 heteroatoms. The molecule has 15 heavy (non-hydrogen) atoms. The first-order valence-corrected chi connectivity index (χ1v) is 4.15. The molecule has 0 fully saturated rings. The number of nitrogens with zero attached hydrogens (tertiary/aromatic N) is 3. The van der Waals surface area contributed by atoms with Gasteiger partial charge in [0, 0.05) is 0 Å². The molecule has 1 aromatic heterocycles. The second-order valence-electron chi connectivity index (χ2n) is 2.72. The molecule has 0 amide bonds. The highest BCUT2D eigenvalue weighted by molar-refractivity contribution is 5.84. The summed E-state index contributed by atoms with van der Waals surface area (Å²) in [7, 11) is 0. The van der Waals surface area contributed by atoms with Crippen LogP contribution in [-0.2, 0) is 0 Å². The lowest BCUT2D eigenvalue weighted by atomic mass is 10.3. The van der Waals surface area contributed by atoms with E-state index in [0.29, 0.717) is 5.75 Å². The molecule has 0 saturated carbocycles. The van der Waals surface area contributed by atoms with Gasteiger partial charge in [-0.25, -0.2) is 4.79 Å². The zero-order valence-corrected chi connectivity index (χ0v) is 7.57. The summed E-state index contributed by atoms with van der Waals surface area (Å²) in [5.74, 6) is -0.586. The van der Waals surface area contributed by atoms with Crippen molar-refractivity contribution in [3.63, 3.8) is 0 Å². The molecule has 0 spiro atoms. The van der Waals surface area contributed by atoms with Gasteiger partial charge in [0.2, 0.25) is 0 Å². The molecule has 6 nitrogen and oxygen atoms in total. The first-order chi connectivity index (χ1) is 7.25. The van der Waals surface area contributed by atoms with Crippen molar-refractivity contribution >= 4 is 5.97 Å². The van der Waals surface area contributed by atoms with Crippen LogP contribution in [0, 0.1) is 0 Å². The van der Waals surface area contributed by atoms with Gasteiger partial charge in [-0.2, -0.15) is 0 Å². The number of rotatable bonds is 3. The van der Waals surface area contributed by atoms with Gasteiger partial charge in [-0.3, -0.25) is 0 Å². The van der Waals surface area contributed by atoms with Gasteiger partial charge < -0.3 is 9.94 Å². The fourth-order valence-electron chi connectivity index (χ4n) is 0.980. The normalized spacial score (nSPS) is 9.87. The number of para-hydroxylation sites is 1. The van der Waals surface area contributed by atoms with Gasteiger partial charge in [-0.1, -0.05) is 23.0 Å². The van der Waals surface area contributed by atoms with Crippen LogP contribution in [0.2, 0.25) is 0 Å². The zero-order valence-electron chi connectivity index (χ0n) is 7.57. The number of carboxylic acids is 1. The van der Waals surface area contributed by atoms with E-state index in [4.69, 9.17) is 9.94 Å². The van der Waals surface area contributed by atoms with Crippen molar-refractivity contribution in [2.75, 3.05) is 0 Å². The van der Waals surface area contributed by atoms with Crippen LogP contribution in [0.5, 0.6) is 5.75 Å². The Labute approximate surface area is 84.7 Å². The summed E-state index contributed by atoms with van der Waals surface area (Å²) in [4.78, 5) is 16.7. The Morgan fingerprint density at radius 3 is 2.67 bits per heavy atom. The lowest BCUT2D eigenvalue weighted by Gasteiger charge is -2.01. The minimum Gasteiger partial charge on any atom is -0.476 e. The Hall–Kier alpha value is -2.37. The van der Waals surface area contributed by atoms with Gasteiger partial charge in [0.05, 0.1) is 0 Å². The molecule has 2 rings (SSSR count). The van der Waals surface area contributed by atoms with Gasteiger partial charge in [-0.15, -0.1) is 5.10 Å². The second kappa shape index (κ2) is 3.79. The number of benzene rings is 1. The lowest BCUT2D eigenvalue weighted by molar-refractivity contribution is 0.0690. The molecule has 0 aliphatic carbocycles. The van der Waals surface area contributed by atoms with E-state index in [1.807, 2.05) is 6.07 Å². The fourth-order valence-corrected chi connectivity index (χ4v) is 0.980. The first kappa shape index (κ1) is 9.20. The smallest absolute Gasteiger partial charge is 0.358 e. The molecule has 0 aliphatic heterocycles. The fraction of sp³-hybridized carbons (Fsp3) is 0. The minimum atomic E-state index is -1.14. The zero-order chi connectivity index (χ0) is 10.7. The van der Waals surface area contributed by atoms with E-state index in [9.17, 15) is 4.79 Å². The molecule has 1 heterocycles. The Kier molecular flexibility index (Phi) is 2.32. The summed E-state index contributed by atoms with van der Waals surface area (Å²) >= 11 is 0. The molecular weight excluding hydrogens is 198 g/mol. The van der Waals surface area contributed by atoms with E-state index in [2.05, 4.69) is 10.3 Å². The maximum absolute atomic E-state index is 10.5. The van der Waals surface area contributed by atoms with Crippen LogP contribution in [0.4, 0.5) is 0 Å². The predicted molar refractivity (Wildman–Crippen MR) is 49.4 cm³/mol. The molecule has 0 radical (unpaired) electrons. The van der Waals surface area contributed by atoms with Crippen LogP contribution in [0.15, 0.2) is 36.5 Å². The Morgan fingerprint density at radius 1 is 1.33 bits per heavy atom. The Bertz CT molecular complexity index is 466. The molecule has 0 aliphatic rings. The van der Waals surface area contributed by atoms with Crippen LogP contribution in [-0.4, -0.2) is 26.2 Å². The van der Waals surface area contributed by atoms with Gasteiger partial charge in [-0.05, 0) is 17.3 Å². The van der Waals surface area contributed by atoms with E-state index in [-0.39, 0.29) is 5.69 Å². The van der Waals surface area contributed by atoms with Gasteiger partial charge in [0.1, 0.15) is 6.20 Å². The third kappa shape index (κ3) is 2.11. The van der Waals surface area contributed by atoms with Crippen molar-refractivity contribution in [3.05, 3.63) is 42.2 Å². The Morgan fingerprint density at radius 2 is 2.07 bits per heavy atom. The number of aromatic nitrogens is 3. The average Bonchev–Trinajstić information content (AvgIpc) is 2.68. The lowest BCUT2D eigenvalue weighted by Crippen LogP contribution is -2.05. The number of carboxylic acid groups (broad SMARTS) is 1. The summed E-state index contributed by atoms with van der Waals surface area (Å²) in [6, 6.07) is 8.88. The molecule has 0 bridgehead atoms. The molecular formula is C9H7N3O3. The third-order valence-corrected chi connectivity index (χ3v) is 1.63. The topological polar surface area (TPSA) is 77.2 Å². The highest BCUT2D eigenvalue weighted by atomic mass is 16.7. The highest BCUT2D eigenvalue weighted by Crippen LogP contribution is 2.08. The van der Waals surface area contributed by atoms with E-state index in [0.717, 1.165) is 4.85 Å². The third-order valence-electron chi connectivity index (χ3n) is 1.63. The van der Waals surface area contributed by atoms with Gasteiger partial charge in [0.25, 0.3) is 0 Å². The average molecular weight is 205 g/mol. The summed E-state index contributed by atoms with van der Waals surface area (Å²) in [5, 5.41) is 15.5. The minimum absolute atomic E-state index is 0.161. The van der Waals surface area contributed by atoms with E-state index >= 15 is 0 Å². The van der Waals surface area contributed by atoms with E-state index in [1.165, 1.54) is 6.20 Å². The van der Waals surface area contributed by atoms with Crippen LogP contribution in [0.3, 0.4) is 0 Å². The van der Waals surface area contributed by atoms with Crippen LogP contribution in [0.25, 0.3) is 0 Å². The van der Waals surface area contributed by atoms with Crippen LogP contribution >= 0.6 is 0 Å². The molecule has 1 N–H and O–H groups in total. The molecule has 1 aromatic carbocycles. The second-order valence-corrected chi connectivity index (χ2v) is 2.72. The standard InChI is InChI=1S/C9H7N3O3/c13-9(14)8-6-12(11-10-8)15-7-4-2-1-3-5-7/h1-6H,(H,13,14). The van der Waals surface area contributed by atoms with E-state index in [1.54, 1.807) is 24.3 Å². The Balaban J connectivity index is 2.15. The molecule has 76 valence electrons. The molecule has 0 atom stereocenters. The summed E-state index contributed by atoms with van der Waals surface area (Å²) < 4.78 is 0. The predicted octanol–water partition coefficient (Wildman–Crippen LogP) is 0.818.